The lowest BCUT2D eigenvalue weighted by Crippen LogP contribution is -2.49. The van der Waals surface area contributed by atoms with Crippen molar-refractivity contribution in [2.75, 3.05) is 26.7 Å². The third-order valence-corrected chi connectivity index (χ3v) is 3.18. The minimum atomic E-state index is -0.118. The van der Waals surface area contributed by atoms with Gasteiger partial charge in [-0.25, -0.2) is 0 Å². The van der Waals surface area contributed by atoms with E-state index in [4.69, 9.17) is 9.26 Å². The van der Waals surface area contributed by atoms with Gasteiger partial charge in [-0.1, -0.05) is 5.16 Å². The highest BCUT2D eigenvalue weighted by Gasteiger charge is 2.21. The van der Waals surface area contributed by atoms with Gasteiger partial charge in [0.25, 0.3) is 0 Å². The van der Waals surface area contributed by atoms with Crippen LogP contribution in [-0.4, -0.2) is 47.8 Å². The molecule has 0 spiro atoms. The first kappa shape index (κ1) is 15.4. The summed E-state index contributed by atoms with van der Waals surface area (Å²) in [5.41, 5.74) is 0. The molecule has 0 aromatic carbocycles. The number of rotatable bonds is 4. The molecule has 1 saturated heterocycles. The Balaban J connectivity index is 0.00000162. The molecule has 1 aromatic heterocycles. The lowest BCUT2D eigenvalue weighted by atomic mass is 10.2. The van der Waals surface area contributed by atoms with Gasteiger partial charge in [-0.3, -0.25) is 4.90 Å². The summed E-state index contributed by atoms with van der Waals surface area (Å²) >= 11 is 0. The predicted octanol–water partition coefficient (Wildman–Crippen LogP) is 0.992. The highest BCUT2D eigenvalue weighted by molar-refractivity contribution is 5.85. The van der Waals surface area contributed by atoms with Crippen molar-refractivity contribution in [1.82, 2.24) is 20.4 Å². The molecule has 1 fully saturated rings. The first-order chi connectivity index (χ1) is 8.20. The molecule has 1 aliphatic rings. The van der Waals surface area contributed by atoms with Gasteiger partial charge in [0.2, 0.25) is 5.89 Å². The van der Waals surface area contributed by atoms with Crippen LogP contribution in [0.15, 0.2) is 4.52 Å². The van der Waals surface area contributed by atoms with E-state index < -0.39 is 0 Å². The molecule has 0 radical (unpaired) electrons. The number of halogens is 1. The molecule has 1 unspecified atom stereocenters. The molecule has 6 nitrogen and oxygen atoms in total. The largest absolute Gasteiger partial charge is 0.374 e. The maximum atomic E-state index is 5.24. The van der Waals surface area contributed by atoms with E-state index in [9.17, 15) is 0 Å². The van der Waals surface area contributed by atoms with Crippen molar-refractivity contribution in [2.24, 2.45) is 0 Å². The van der Waals surface area contributed by atoms with Gasteiger partial charge in [-0.15, -0.1) is 12.4 Å². The highest BCUT2D eigenvalue weighted by atomic mass is 35.5. The standard InChI is InChI=1S/C11H20N4O2.ClH/c1-8-6-12-4-5-15(8)7-10-13-11(14-17-10)9(2)16-3;/h8-9,12H,4-7H2,1-3H3;1H/t8-,9?;/m0./s1. The van der Waals surface area contributed by atoms with Crippen LogP contribution in [0.4, 0.5) is 0 Å². The summed E-state index contributed by atoms with van der Waals surface area (Å²) < 4.78 is 10.4. The quantitative estimate of drug-likeness (QED) is 0.885. The topological polar surface area (TPSA) is 63.4 Å². The molecule has 0 aliphatic carbocycles. The van der Waals surface area contributed by atoms with Crippen LogP contribution in [0.2, 0.25) is 0 Å². The molecule has 1 aliphatic heterocycles. The minimum Gasteiger partial charge on any atom is -0.374 e. The second kappa shape index (κ2) is 7.04. The Labute approximate surface area is 113 Å². The second-order valence-electron chi connectivity index (χ2n) is 4.45. The average Bonchev–Trinajstić information content (AvgIpc) is 2.80. The SMILES string of the molecule is COC(C)c1noc(CN2CCNC[C@@H]2C)n1.Cl. The molecule has 0 saturated carbocycles. The fourth-order valence-corrected chi connectivity index (χ4v) is 1.89. The van der Waals surface area contributed by atoms with Crippen molar-refractivity contribution >= 4 is 12.4 Å². The molecule has 1 N–H and O–H groups in total. The molecule has 1 aromatic rings. The van der Waals surface area contributed by atoms with Crippen LogP contribution in [0.5, 0.6) is 0 Å². The fraction of sp³-hybridized carbons (Fsp3) is 0.818. The van der Waals surface area contributed by atoms with Crippen LogP contribution < -0.4 is 5.32 Å². The van der Waals surface area contributed by atoms with Crippen molar-refractivity contribution in [3.63, 3.8) is 0 Å². The third-order valence-electron chi connectivity index (χ3n) is 3.18. The Hall–Kier alpha value is -0.690. The molecule has 0 bridgehead atoms. The van der Waals surface area contributed by atoms with Crippen molar-refractivity contribution in [2.45, 2.75) is 32.5 Å². The van der Waals surface area contributed by atoms with Crippen LogP contribution in [0.1, 0.15) is 31.7 Å². The van der Waals surface area contributed by atoms with E-state index in [1.807, 2.05) is 6.92 Å². The zero-order valence-electron chi connectivity index (χ0n) is 11.0. The zero-order chi connectivity index (χ0) is 12.3. The summed E-state index contributed by atoms with van der Waals surface area (Å²) in [6.07, 6.45) is -0.118. The normalized spacial score (nSPS) is 22.5. The number of aromatic nitrogens is 2. The van der Waals surface area contributed by atoms with Gasteiger partial charge in [-0.05, 0) is 13.8 Å². The van der Waals surface area contributed by atoms with Crippen LogP contribution in [0.3, 0.4) is 0 Å². The number of nitrogens with one attached hydrogen (secondary N) is 1. The van der Waals surface area contributed by atoms with Gasteiger partial charge in [0.05, 0.1) is 6.54 Å². The second-order valence-corrected chi connectivity index (χ2v) is 4.45. The number of hydrogen-bond donors (Lipinski definition) is 1. The van der Waals surface area contributed by atoms with Gasteiger partial charge in [0, 0.05) is 32.8 Å². The lowest BCUT2D eigenvalue weighted by molar-refractivity contribution is 0.109. The van der Waals surface area contributed by atoms with Gasteiger partial charge in [0.1, 0.15) is 6.10 Å². The van der Waals surface area contributed by atoms with Crippen molar-refractivity contribution in [3.05, 3.63) is 11.7 Å². The van der Waals surface area contributed by atoms with Crippen LogP contribution in [-0.2, 0) is 11.3 Å². The highest BCUT2D eigenvalue weighted by Crippen LogP contribution is 2.14. The summed E-state index contributed by atoms with van der Waals surface area (Å²) in [6.45, 7) is 7.85. The van der Waals surface area contributed by atoms with E-state index in [0.717, 1.165) is 19.6 Å². The van der Waals surface area contributed by atoms with Crippen molar-refractivity contribution < 1.29 is 9.26 Å². The zero-order valence-corrected chi connectivity index (χ0v) is 11.9. The van der Waals surface area contributed by atoms with E-state index >= 15 is 0 Å². The number of piperazine rings is 1. The maximum absolute atomic E-state index is 5.24. The van der Waals surface area contributed by atoms with Gasteiger partial charge < -0.3 is 14.6 Å². The van der Waals surface area contributed by atoms with Crippen LogP contribution in [0.25, 0.3) is 0 Å². The van der Waals surface area contributed by atoms with Crippen molar-refractivity contribution in [1.29, 1.82) is 0 Å². The maximum Gasteiger partial charge on any atom is 0.240 e. The Kier molecular flexibility index (Phi) is 6.01. The van der Waals surface area contributed by atoms with Gasteiger partial charge in [0.15, 0.2) is 5.82 Å². The summed E-state index contributed by atoms with van der Waals surface area (Å²) in [5.74, 6) is 1.28. The molecule has 7 heteroatoms. The molecular formula is C11H21ClN4O2. The lowest BCUT2D eigenvalue weighted by Gasteiger charge is -2.32. The molecule has 18 heavy (non-hydrogen) atoms. The van der Waals surface area contributed by atoms with Gasteiger partial charge in [-0.2, -0.15) is 4.98 Å². The van der Waals surface area contributed by atoms with E-state index in [0.29, 0.717) is 24.3 Å². The fourth-order valence-electron chi connectivity index (χ4n) is 1.89. The van der Waals surface area contributed by atoms with Crippen LogP contribution in [0, 0.1) is 0 Å². The molecule has 2 atom stereocenters. The van der Waals surface area contributed by atoms with E-state index in [1.54, 1.807) is 7.11 Å². The molecule has 104 valence electrons. The molecule has 2 rings (SSSR count). The van der Waals surface area contributed by atoms with Crippen LogP contribution >= 0.6 is 12.4 Å². The molecule has 0 amide bonds. The summed E-state index contributed by atoms with van der Waals surface area (Å²) in [7, 11) is 1.64. The number of nitrogens with zero attached hydrogens (tertiary/aromatic N) is 3. The smallest absolute Gasteiger partial charge is 0.240 e. The number of ether oxygens (including phenoxy) is 1. The average molecular weight is 277 g/mol. The monoisotopic (exact) mass is 276 g/mol. The Morgan fingerprint density at radius 1 is 1.61 bits per heavy atom. The van der Waals surface area contributed by atoms with E-state index in [-0.39, 0.29) is 18.5 Å². The summed E-state index contributed by atoms with van der Waals surface area (Å²) in [4.78, 5) is 6.68. The Morgan fingerprint density at radius 2 is 2.39 bits per heavy atom. The number of hydrogen-bond acceptors (Lipinski definition) is 6. The van der Waals surface area contributed by atoms with Gasteiger partial charge >= 0.3 is 0 Å². The molecule has 2 heterocycles. The van der Waals surface area contributed by atoms with E-state index in [1.165, 1.54) is 0 Å². The molecular weight excluding hydrogens is 256 g/mol. The first-order valence-corrected chi connectivity index (χ1v) is 6.00. The number of methoxy groups -OCH3 is 1. The van der Waals surface area contributed by atoms with E-state index in [2.05, 4.69) is 27.3 Å². The first-order valence-electron chi connectivity index (χ1n) is 6.00. The summed E-state index contributed by atoms with van der Waals surface area (Å²) in [6, 6.07) is 0.499. The Morgan fingerprint density at radius 3 is 3.06 bits per heavy atom. The third kappa shape index (κ3) is 3.65. The predicted molar refractivity (Wildman–Crippen MR) is 69.7 cm³/mol. The minimum absolute atomic E-state index is 0. The Bertz CT molecular complexity index is 361. The van der Waals surface area contributed by atoms with Crippen molar-refractivity contribution in [3.8, 4) is 0 Å². The summed E-state index contributed by atoms with van der Waals surface area (Å²) in [5, 5.41) is 7.28.